The third kappa shape index (κ3) is 2.43. The van der Waals surface area contributed by atoms with E-state index in [9.17, 15) is 5.11 Å². The van der Waals surface area contributed by atoms with Crippen LogP contribution >= 0.6 is 0 Å². The van der Waals surface area contributed by atoms with Crippen LogP contribution in [-0.4, -0.2) is 28.4 Å². The molecule has 0 aliphatic heterocycles. The van der Waals surface area contributed by atoms with Crippen molar-refractivity contribution in [2.75, 3.05) is 6.54 Å². The maximum atomic E-state index is 10.3. The number of fused-ring (bicyclic) bond motifs is 3. The molecule has 2 aromatic carbocycles. The molecule has 1 aliphatic rings. The maximum Gasteiger partial charge on any atom is 0.0843 e. The van der Waals surface area contributed by atoms with Gasteiger partial charge in [0.2, 0.25) is 0 Å². The Morgan fingerprint density at radius 2 is 1.57 bits per heavy atom. The minimum atomic E-state index is -0.357. The van der Waals surface area contributed by atoms with Crippen LogP contribution in [0.4, 0.5) is 0 Å². The summed E-state index contributed by atoms with van der Waals surface area (Å²) in [6.45, 7) is 1.30. The van der Waals surface area contributed by atoms with Gasteiger partial charge in [-0.1, -0.05) is 36.4 Å². The highest BCUT2D eigenvalue weighted by atomic mass is 16.3. The molecular formula is C18H20N2O. The minimum Gasteiger partial charge on any atom is -0.390 e. The fourth-order valence-corrected chi connectivity index (χ4v) is 3.07. The van der Waals surface area contributed by atoms with Crippen LogP contribution in [0.5, 0.6) is 0 Å². The predicted octanol–water partition coefficient (Wildman–Crippen LogP) is 2.91. The molecule has 1 aromatic heterocycles. The first-order chi connectivity index (χ1) is 10.3. The lowest BCUT2D eigenvalue weighted by Crippen LogP contribution is -2.31. The van der Waals surface area contributed by atoms with Crippen LogP contribution < -0.4 is 5.32 Å². The van der Waals surface area contributed by atoms with Crippen molar-refractivity contribution in [2.45, 2.75) is 31.5 Å². The highest BCUT2D eigenvalue weighted by molar-refractivity contribution is 6.07. The highest BCUT2D eigenvalue weighted by Crippen LogP contribution is 2.28. The van der Waals surface area contributed by atoms with Crippen molar-refractivity contribution in [2.24, 2.45) is 0 Å². The molecule has 0 radical (unpaired) electrons. The van der Waals surface area contributed by atoms with Crippen molar-refractivity contribution < 1.29 is 5.11 Å². The number of nitrogens with zero attached hydrogens (tertiary/aromatic N) is 1. The Bertz CT molecular complexity index is 720. The van der Waals surface area contributed by atoms with Gasteiger partial charge in [-0.05, 0) is 25.0 Å². The lowest BCUT2D eigenvalue weighted by molar-refractivity contribution is 0.154. The molecule has 1 atom stereocenters. The van der Waals surface area contributed by atoms with Crippen LogP contribution in [0.3, 0.4) is 0 Å². The molecule has 2 N–H and O–H groups in total. The molecule has 0 amide bonds. The molecule has 0 bridgehead atoms. The zero-order valence-corrected chi connectivity index (χ0v) is 12.0. The Morgan fingerprint density at radius 1 is 1.00 bits per heavy atom. The van der Waals surface area contributed by atoms with Gasteiger partial charge < -0.3 is 15.0 Å². The van der Waals surface area contributed by atoms with E-state index in [1.165, 1.54) is 34.6 Å². The van der Waals surface area contributed by atoms with Gasteiger partial charge >= 0.3 is 0 Å². The van der Waals surface area contributed by atoms with Gasteiger partial charge in [-0.3, -0.25) is 0 Å². The molecular weight excluding hydrogens is 260 g/mol. The molecule has 1 fully saturated rings. The number of hydrogen-bond acceptors (Lipinski definition) is 2. The van der Waals surface area contributed by atoms with Gasteiger partial charge in [-0.15, -0.1) is 0 Å². The molecule has 0 spiro atoms. The first-order valence-corrected chi connectivity index (χ1v) is 7.70. The molecule has 0 saturated heterocycles. The molecule has 4 rings (SSSR count). The molecule has 108 valence electrons. The summed E-state index contributed by atoms with van der Waals surface area (Å²) in [5.74, 6) is 0. The maximum absolute atomic E-state index is 10.3. The Morgan fingerprint density at radius 3 is 2.14 bits per heavy atom. The van der Waals surface area contributed by atoms with E-state index in [0.29, 0.717) is 19.1 Å². The first kappa shape index (κ1) is 12.9. The quantitative estimate of drug-likeness (QED) is 0.754. The standard InChI is InChI=1S/C18H20N2O/c21-14(11-19-13-9-10-13)12-20-17-7-3-1-5-15(17)16-6-2-4-8-18(16)20/h1-8,13-14,19,21H,9-12H2. The number of aliphatic hydroxyl groups is 1. The van der Waals surface area contributed by atoms with Crippen molar-refractivity contribution >= 4 is 21.8 Å². The van der Waals surface area contributed by atoms with Crippen molar-refractivity contribution in [3.63, 3.8) is 0 Å². The summed E-state index contributed by atoms with van der Waals surface area (Å²) < 4.78 is 2.24. The lowest BCUT2D eigenvalue weighted by atomic mass is 10.2. The molecule has 3 heteroatoms. The van der Waals surface area contributed by atoms with Crippen molar-refractivity contribution in [1.82, 2.24) is 9.88 Å². The number of hydrogen-bond donors (Lipinski definition) is 2. The second kappa shape index (κ2) is 5.17. The van der Waals surface area contributed by atoms with E-state index in [1.54, 1.807) is 0 Å². The third-order valence-corrected chi connectivity index (χ3v) is 4.29. The normalized spacial score (nSPS) is 16.6. The average Bonchev–Trinajstić information content (AvgIpc) is 3.30. The van der Waals surface area contributed by atoms with Crippen LogP contribution in [0.15, 0.2) is 48.5 Å². The highest BCUT2D eigenvalue weighted by Gasteiger charge is 2.21. The summed E-state index contributed by atoms with van der Waals surface area (Å²) >= 11 is 0. The number of aliphatic hydroxyl groups excluding tert-OH is 1. The second-order valence-electron chi connectivity index (χ2n) is 5.98. The zero-order chi connectivity index (χ0) is 14.2. The molecule has 21 heavy (non-hydrogen) atoms. The first-order valence-electron chi connectivity index (χ1n) is 7.70. The number of aromatic nitrogens is 1. The van der Waals surface area contributed by atoms with E-state index >= 15 is 0 Å². The molecule has 1 unspecified atom stereocenters. The van der Waals surface area contributed by atoms with E-state index in [1.807, 2.05) is 0 Å². The van der Waals surface area contributed by atoms with Gasteiger partial charge in [0.25, 0.3) is 0 Å². The van der Waals surface area contributed by atoms with Gasteiger partial charge in [0.05, 0.1) is 12.6 Å². The number of nitrogens with one attached hydrogen (secondary N) is 1. The van der Waals surface area contributed by atoms with E-state index in [-0.39, 0.29) is 6.10 Å². The van der Waals surface area contributed by atoms with E-state index in [4.69, 9.17) is 0 Å². The van der Waals surface area contributed by atoms with Crippen LogP contribution in [0, 0.1) is 0 Å². The van der Waals surface area contributed by atoms with Crippen molar-refractivity contribution in [3.8, 4) is 0 Å². The summed E-state index contributed by atoms with van der Waals surface area (Å²) in [5.41, 5.74) is 2.40. The summed E-state index contributed by atoms with van der Waals surface area (Å²) in [6, 6.07) is 17.5. The minimum absolute atomic E-state index is 0.357. The largest absolute Gasteiger partial charge is 0.390 e. The summed E-state index contributed by atoms with van der Waals surface area (Å²) in [6.07, 6.45) is 2.15. The van der Waals surface area contributed by atoms with E-state index in [2.05, 4.69) is 58.4 Å². The van der Waals surface area contributed by atoms with Crippen molar-refractivity contribution in [3.05, 3.63) is 48.5 Å². The van der Waals surface area contributed by atoms with Gasteiger partial charge in [-0.25, -0.2) is 0 Å². The third-order valence-electron chi connectivity index (χ3n) is 4.29. The Balaban J connectivity index is 1.71. The zero-order valence-electron chi connectivity index (χ0n) is 12.0. The number of para-hydroxylation sites is 2. The molecule has 1 aliphatic carbocycles. The van der Waals surface area contributed by atoms with Crippen LogP contribution in [0.1, 0.15) is 12.8 Å². The Labute approximate surface area is 124 Å². The fraction of sp³-hybridized carbons (Fsp3) is 0.333. The summed E-state index contributed by atoms with van der Waals surface area (Å²) in [7, 11) is 0. The molecule has 3 nitrogen and oxygen atoms in total. The monoisotopic (exact) mass is 280 g/mol. The van der Waals surface area contributed by atoms with Crippen LogP contribution in [-0.2, 0) is 6.54 Å². The average molecular weight is 280 g/mol. The van der Waals surface area contributed by atoms with Crippen LogP contribution in [0.2, 0.25) is 0 Å². The Hall–Kier alpha value is -1.84. The fourth-order valence-electron chi connectivity index (χ4n) is 3.07. The molecule has 1 saturated carbocycles. The summed E-state index contributed by atoms with van der Waals surface area (Å²) in [4.78, 5) is 0. The van der Waals surface area contributed by atoms with Gasteiger partial charge in [0.1, 0.15) is 0 Å². The van der Waals surface area contributed by atoms with Gasteiger partial charge in [0.15, 0.2) is 0 Å². The van der Waals surface area contributed by atoms with Gasteiger partial charge in [0, 0.05) is 34.4 Å². The lowest BCUT2D eigenvalue weighted by Gasteiger charge is -2.14. The Kier molecular flexibility index (Phi) is 3.17. The molecule has 3 aromatic rings. The smallest absolute Gasteiger partial charge is 0.0843 e. The summed E-state index contributed by atoms with van der Waals surface area (Å²) in [5, 5.41) is 16.3. The molecule has 1 heterocycles. The number of rotatable bonds is 5. The van der Waals surface area contributed by atoms with Crippen molar-refractivity contribution in [1.29, 1.82) is 0 Å². The van der Waals surface area contributed by atoms with E-state index in [0.717, 1.165) is 0 Å². The predicted molar refractivity (Wildman–Crippen MR) is 86.5 cm³/mol. The van der Waals surface area contributed by atoms with Gasteiger partial charge in [-0.2, -0.15) is 0 Å². The topological polar surface area (TPSA) is 37.2 Å². The second-order valence-corrected chi connectivity index (χ2v) is 5.98. The number of benzene rings is 2. The van der Waals surface area contributed by atoms with E-state index < -0.39 is 0 Å². The van der Waals surface area contributed by atoms with Crippen LogP contribution in [0.25, 0.3) is 21.8 Å². The SMILES string of the molecule is OC(CNC1CC1)Cn1c2ccccc2c2ccccc21.